The highest BCUT2D eigenvalue weighted by atomic mass is 16.5. The molecular weight excluding hydrogens is 380 g/mol. The molecule has 30 heavy (non-hydrogen) atoms. The van der Waals surface area contributed by atoms with Crippen molar-refractivity contribution in [3.05, 3.63) is 89.4 Å². The molecule has 1 atom stereocenters. The Morgan fingerprint density at radius 1 is 1.10 bits per heavy atom. The van der Waals surface area contributed by atoms with Crippen molar-refractivity contribution in [2.75, 3.05) is 13.2 Å². The van der Waals surface area contributed by atoms with E-state index in [2.05, 4.69) is 5.32 Å². The van der Waals surface area contributed by atoms with Crippen molar-refractivity contribution in [2.24, 2.45) is 0 Å². The molecule has 154 valence electrons. The number of rotatable bonds is 6. The van der Waals surface area contributed by atoms with Crippen LogP contribution in [-0.4, -0.2) is 35.9 Å². The lowest BCUT2D eigenvalue weighted by atomic mass is 9.93. The van der Waals surface area contributed by atoms with E-state index >= 15 is 0 Å². The summed E-state index contributed by atoms with van der Waals surface area (Å²) in [4.78, 5) is 27.5. The molecule has 0 saturated carbocycles. The number of furan rings is 1. The van der Waals surface area contributed by atoms with Crippen LogP contribution in [0.3, 0.4) is 0 Å². The summed E-state index contributed by atoms with van der Waals surface area (Å²) < 4.78 is 11.0. The number of nitrogens with one attached hydrogen (secondary N) is 1. The van der Waals surface area contributed by atoms with Gasteiger partial charge in [0.05, 0.1) is 12.8 Å². The number of benzene rings is 2. The molecule has 4 rings (SSSR count). The Balaban J connectivity index is 1.42. The van der Waals surface area contributed by atoms with Gasteiger partial charge < -0.3 is 19.4 Å². The molecule has 1 aliphatic rings. The second-order valence-electron chi connectivity index (χ2n) is 7.35. The van der Waals surface area contributed by atoms with E-state index in [1.807, 2.05) is 55.5 Å². The minimum atomic E-state index is -0.600. The van der Waals surface area contributed by atoms with E-state index in [1.54, 1.807) is 17.0 Å². The molecule has 0 bridgehead atoms. The zero-order valence-corrected chi connectivity index (χ0v) is 16.8. The lowest BCUT2D eigenvalue weighted by molar-refractivity contribution is -0.126. The number of hydrogen-bond acceptors (Lipinski definition) is 4. The molecule has 0 fully saturated rings. The fourth-order valence-corrected chi connectivity index (χ4v) is 3.68. The molecule has 0 aliphatic carbocycles. The Kier molecular flexibility index (Phi) is 5.84. The molecule has 1 aromatic heterocycles. The van der Waals surface area contributed by atoms with Gasteiger partial charge >= 0.3 is 0 Å². The number of aryl methyl sites for hydroxylation is 1. The van der Waals surface area contributed by atoms with Gasteiger partial charge in [-0.3, -0.25) is 9.59 Å². The van der Waals surface area contributed by atoms with Gasteiger partial charge in [-0.15, -0.1) is 0 Å². The lowest BCUT2D eigenvalue weighted by Crippen LogP contribution is -2.53. The number of nitrogens with zero attached hydrogens (tertiary/aromatic N) is 1. The van der Waals surface area contributed by atoms with Crippen LogP contribution in [0.1, 0.15) is 27.2 Å². The van der Waals surface area contributed by atoms with Gasteiger partial charge in [-0.2, -0.15) is 0 Å². The van der Waals surface area contributed by atoms with Gasteiger partial charge in [-0.1, -0.05) is 36.4 Å². The normalized spacial score (nSPS) is 15.4. The first-order valence-electron chi connectivity index (χ1n) is 10.0. The Morgan fingerprint density at radius 2 is 1.93 bits per heavy atom. The molecule has 2 amide bonds. The molecule has 0 radical (unpaired) electrons. The summed E-state index contributed by atoms with van der Waals surface area (Å²) >= 11 is 0. The van der Waals surface area contributed by atoms with Gasteiger partial charge in [-0.05, 0) is 47.9 Å². The molecule has 0 spiro atoms. The topological polar surface area (TPSA) is 71.8 Å². The molecule has 3 aromatic rings. The zero-order chi connectivity index (χ0) is 20.9. The highest BCUT2D eigenvalue weighted by molar-refractivity contribution is 5.96. The summed E-state index contributed by atoms with van der Waals surface area (Å²) in [6.45, 7) is 3.08. The highest BCUT2D eigenvalue weighted by Crippen LogP contribution is 2.25. The number of carbonyl (C=O) groups is 2. The van der Waals surface area contributed by atoms with Crippen molar-refractivity contribution in [3.63, 3.8) is 0 Å². The number of fused-ring (bicyclic) bond motifs is 1. The van der Waals surface area contributed by atoms with E-state index in [4.69, 9.17) is 9.15 Å². The van der Waals surface area contributed by atoms with Gasteiger partial charge in [0.15, 0.2) is 5.76 Å². The smallest absolute Gasteiger partial charge is 0.290 e. The monoisotopic (exact) mass is 404 g/mol. The average molecular weight is 404 g/mol. The molecule has 2 aromatic carbocycles. The van der Waals surface area contributed by atoms with Gasteiger partial charge in [0, 0.05) is 13.0 Å². The van der Waals surface area contributed by atoms with Crippen LogP contribution in [0.5, 0.6) is 5.75 Å². The van der Waals surface area contributed by atoms with Crippen molar-refractivity contribution < 1.29 is 18.7 Å². The molecule has 2 heterocycles. The molecule has 0 saturated heterocycles. The van der Waals surface area contributed by atoms with Crippen LogP contribution in [-0.2, 0) is 17.8 Å². The van der Waals surface area contributed by atoms with Gasteiger partial charge in [0.1, 0.15) is 18.4 Å². The van der Waals surface area contributed by atoms with E-state index in [0.717, 1.165) is 22.4 Å². The number of ether oxygens (including phenoxy) is 1. The van der Waals surface area contributed by atoms with Gasteiger partial charge in [0.2, 0.25) is 5.91 Å². The third-order valence-electron chi connectivity index (χ3n) is 5.20. The van der Waals surface area contributed by atoms with Gasteiger partial charge in [-0.25, -0.2) is 0 Å². The Labute approximate surface area is 175 Å². The predicted octanol–water partition coefficient (Wildman–Crippen LogP) is 3.35. The molecule has 6 nitrogen and oxygen atoms in total. The van der Waals surface area contributed by atoms with Crippen molar-refractivity contribution in [3.8, 4) is 5.75 Å². The maximum absolute atomic E-state index is 13.0. The van der Waals surface area contributed by atoms with Crippen LogP contribution < -0.4 is 10.1 Å². The molecule has 1 unspecified atom stereocenters. The van der Waals surface area contributed by atoms with Crippen molar-refractivity contribution >= 4 is 11.8 Å². The fourth-order valence-electron chi connectivity index (χ4n) is 3.68. The molecular formula is C24H24N2O4. The minimum Gasteiger partial charge on any atom is -0.492 e. The number of hydrogen-bond donors (Lipinski definition) is 1. The van der Waals surface area contributed by atoms with Crippen LogP contribution in [0, 0.1) is 6.92 Å². The standard InChI is InChI=1S/C24H24N2O4/c1-17-6-4-9-20(14-17)29-13-11-25-23(27)21-15-18-7-2-3-8-19(18)16-26(21)24(28)22-10-5-12-30-22/h2-10,12,14,21H,11,13,15-16H2,1H3,(H,25,27). The largest absolute Gasteiger partial charge is 0.492 e. The molecule has 1 N–H and O–H groups in total. The fraction of sp³-hybridized carbons (Fsp3) is 0.250. The van der Waals surface area contributed by atoms with E-state index in [0.29, 0.717) is 26.1 Å². The average Bonchev–Trinajstić information content (AvgIpc) is 3.30. The maximum atomic E-state index is 13.0. The van der Waals surface area contributed by atoms with Crippen molar-refractivity contribution in [2.45, 2.75) is 25.9 Å². The number of carbonyl (C=O) groups excluding carboxylic acids is 2. The van der Waals surface area contributed by atoms with Crippen LogP contribution in [0.15, 0.2) is 71.3 Å². The highest BCUT2D eigenvalue weighted by Gasteiger charge is 2.35. The summed E-state index contributed by atoms with van der Waals surface area (Å²) in [7, 11) is 0. The first-order chi connectivity index (χ1) is 14.6. The predicted molar refractivity (Wildman–Crippen MR) is 112 cm³/mol. The van der Waals surface area contributed by atoms with Crippen LogP contribution >= 0.6 is 0 Å². The van der Waals surface area contributed by atoms with Crippen molar-refractivity contribution in [1.29, 1.82) is 0 Å². The van der Waals surface area contributed by atoms with Crippen LogP contribution in [0.4, 0.5) is 0 Å². The quantitative estimate of drug-likeness (QED) is 0.640. The van der Waals surface area contributed by atoms with E-state index in [1.165, 1.54) is 6.26 Å². The second-order valence-corrected chi connectivity index (χ2v) is 7.35. The third-order valence-corrected chi connectivity index (χ3v) is 5.20. The molecule has 1 aliphatic heterocycles. The van der Waals surface area contributed by atoms with Crippen molar-refractivity contribution in [1.82, 2.24) is 10.2 Å². The van der Waals surface area contributed by atoms with Crippen LogP contribution in [0.2, 0.25) is 0 Å². The minimum absolute atomic E-state index is 0.197. The Bertz CT molecular complexity index is 1030. The second kappa shape index (κ2) is 8.86. The SMILES string of the molecule is Cc1cccc(OCCNC(=O)C2Cc3ccccc3CN2C(=O)c2ccco2)c1. The van der Waals surface area contributed by atoms with E-state index in [-0.39, 0.29) is 17.6 Å². The Morgan fingerprint density at radius 3 is 2.70 bits per heavy atom. The van der Waals surface area contributed by atoms with Crippen LogP contribution in [0.25, 0.3) is 0 Å². The first kappa shape index (κ1) is 19.8. The summed E-state index contributed by atoms with van der Waals surface area (Å²) in [6.07, 6.45) is 1.93. The summed E-state index contributed by atoms with van der Waals surface area (Å²) in [5.74, 6) is 0.517. The summed E-state index contributed by atoms with van der Waals surface area (Å²) in [5, 5.41) is 2.91. The summed E-state index contributed by atoms with van der Waals surface area (Å²) in [5.41, 5.74) is 3.24. The zero-order valence-electron chi connectivity index (χ0n) is 16.8. The van der Waals surface area contributed by atoms with Gasteiger partial charge in [0.25, 0.3) is 5.91 Å². The first-order valence-corrected chi connectivity index (χ1v) is 10.0. The third kappa shape index (κ3) is 4.38. The maximum Gasteiger partial charge on any atom is 0.290 e. The Hall–Kier alpha value is -3.54. The van der Waals surface area contributed by atoms with E-state index in [9.17, 15) is 9.59 Å². The molecule has 6 heteroatoms. The number of amides is 2. The summed E-state index contributed by atoms with van der Waals surface area (Å²) in [6, 6.07) is 18.3. The van der Waals surface area contributed by atoms with E-state index < -0.39 is 6.04 Å². The lowest BCUT2D eigenvalue weighted by Gasteiger charge is -2.35.